The molecule has 6 nitrogen and oxygen atoms in total. The number of imidazole rings is 1. The largest absolute Gasteiger partial charge is 0.465 e. The Hall–Kier alpha value is -2.29. The minimum Gasteiger partial charge on any atom is -0.465 e. The normalized spacial score (nSPS) is 10.7. The van der Waals surface area contributed by atoms with Crippen molar-refractivity contribution in [3.8, 4) is 11.1 Å². The van der Waals surface area contributed by atoms with E-state index < -0.39 is 5.97 Å². The summed E-state index contributed by atoms with van der Waals surface area (Å²) in [6.45, 7) is 2.79. The first kappa shape index (κ1) is 20.4. The SMILES string of the molecule is CCn1ccnc1SCC(=O)Nc1scc(-c2ccccc2Cl)c1C(=O)OC. The lowest BCUT2D eigenvalue weighted by Gasteiger charge is -2.09. The average Bonchev–Trinajstić information content (AvgIpc) is 3.32. The van der Waals surface area contributed by atoms with Gasteiger partial charge in [-0.3, -0.25) is 4.79 Å². The molecular weight excluding hydrogens is 418 g/mol. The molecule has 3 aromatic rings. The Morgan fingerprint density at radius 3 is 2.82 bits per heavy atom. The Labute approximate surface area is 175 Å². The van der Waals surface area contributed by atoms with Crippen LogP contribution in [0.4, 0.5) is 5.00 Å². The van der Waals surface area contributed by atoms with Gasteiger partial charge in [-0.15, -0.1) is 11.3 Å². The molecule has 146 valence electrons. The van der Waals surface area contributed by atoms with E-state index in [1.807, 2.05) is 35.9 Å². The van der Waals surface area contributed by atoms with Crippen LogP contribution in [0.25, 0.3) is 11.1 Å². The van der Waals surface area contributed by atoms with Crippen LogP contribution in [0.1, 0.15) is 17.3 Å². The second kappa shape index (κ2) is 9.27. The van der Waals surface area contributed by atoms with Crippen LogP contribution < -0.4 is 5.32 Å². The molecule has 9 heteroatoms. The molecule has 0 aliphatic rings. The summed E-state index contributed by atoms with van der Waals surface area (Å²) in [5.41, 5.74) is 1.64. The molecule has 2 heterocycles. The molecule has 1 amide bonds. The molecule has 0 saturated heterocycles. The molecule has 0 atom stereocenters. The van der Waals surface area contributed by atoms with Gasteiger partial charge < -0.3 is 14.6 Å². The standard InChI is InChI=1S/C19H18ClN3O3S2/c1-3-23-9-8-21-19(23)28-11-15(24)22-17-16(18(25)26-2)13(10-27-17)12-6-4-5-7-14(12)20/h4-10H,3,11H2,1-2H3,(H,22,24). The van der Waals surface area contributed by atoms with E-state index in [9.17, 15) is 9.59 Å². The van der Waals surface area contributed by atoms with Crippen LogP contribution in [0.3, 0.4) is 0 Å². The number of thiophene rings is 1. The lowest BCUT2D eigenvalue weighted by molar-refractivity contribution is -0.113. The second-order valence-electron chi connectivity index (χ2n) is 5.66. The predicted octanol–water partition coefficient (Wildman–Crippen LogP) is 4.80. The number of benzene rings is 1. The van der Waals surface area contributed by atoms with Gasteiger partial charge in [0, 0.05) is 40.5 Å². The van der Waals surface area contributed by atoms with Gasteiger partial charge in [0.1, 0.15) is 10.6 Å². The van der Waals surface area contributed by atoms with Gasteiger partial charge in [-0.05, 0) is 13.0 Å². The lowest BCUT2D eigenvalue weighted by Crippen LogP contribution is -2.16. The third kappa shape index (κ3) is 4.40. The minimum atomic E-state index is -0.527. The maximum Gasteiger partial charge on any atom is 0.341 e. The topological polar surface area (TPSA) is 73.2 Å². The highest BCUT2D eigenvalue weighted by Crippen LogP contribution is 2.39. The summed E-state index contributed by atoms with van der Waals surface area (Å²) in [6.07, 6.45) is 3.57. The van der Waals surface area contributed by atoms with Crippen LogP contribution in [0, 0.1) is 0 Å². The van der Waals surface area contributed by atoms with Gasteiger partial charge in [0.15, 0.2) is 5.16 Å². The Balaban J connectivity index is 1.81. The Morgan fingerprint density at radius 2 is 2.11 bits per heavy atom. The molecule has 28 heavy (non-hydrogen) atoms. The van der Waals surface area contributed by atoms with Gasteiger partial charge in [0.05, 0.1) is 12.9 Å². The van der Waals surface area contributed by atoms with Crippen molar-refractivity contribution >= 4 is 51.6 Å². The smallest absolute Gasteiger partial charge is 0.341 e. The van der Waals surface area contributed by atoms with Crippen LogP contribution in [0.2, 0.25) is 5.02 Å². The number of amides is 1. The number of ether oxygens (including phenoxy) is 1. The quantitative estimate of drug-likeness (QED) is 0.426. The number of esters is 1. The summed E-state index contributed by atoms with van der Waals surface area (Å²) in [5, 5.41) is 6.33. The first-order chi connectivity index (χ1) is 13.5. The Bertz CT molecular complexity index is 1000. The predicted molar refractivity (Wildman–Crippen MR) is 113 cm³/mol. The highest BCUT2D eigenvalue weighted by molar-refractivity contribution is 7.99. The molecule has 2 aromatic heterocycles. The second-order valence-corrected chi connectivity index (χ2v) is 7.89. The zero-order valence-corrected chi connectivity index (χ0v) is 17.7. The highest BCUT2D eigenvalue weighted by Gasteiger charge is 2.23. The van der Waals surface area contributed by atoms with E-state index in [1.165, 1.54) is 30.2 Å². The number of carbonyl (C=O) groups is 2. The zero-order valence-electron chi connectivity index (χ0n) is 15.3. The Kier molecular flexibility index (Phi) is 6.77. The molecule has 0 aliphatic heterocycles. The molecule has 0 unspecified atom stereocenters. The number of hydrogen-bond donors (Lipinski definition) is 1. The fourth-order valence-electron chi connectivity index (χ4n) is 2.60. The van der Waals surface area contributed by atoms with Crippen molar-refractivity contribution in [1.29, 1.82) is 0 Å². The fraction of sp³-hybridized carbons (Fsp3) is 0.211. The van der Waals surface area contributed by atoms with Gasteiger partial charge in [0.2, 0.25) is 5.91 Å². The summed E-state index contributed by atoms with van der Waals surface area (Å²) in [5.74, 6) is -0.578. The van der Waals surface area contributed by atoms with Crippen molar-refractivity contribution in [3.63, 3.8) is 0 Å². The van der Waals surface area contributed by atoms with Crippen LogP contribution in [0.15, 0.2) is 47.2 Å². The molecule has 0 saturated carbocycles. The first-order valence-corrected chi connectivity index (χ1v) is 10.7. The third-order valence-corrected chi connectivity index (χ3v) is 6.18. The molecule has 0 bridgehead atoms. The molecule has 0 radical (unpaired) electrons. The van der Waals surface area contributed by atoms with Crippen LogP contribution in [-0.4, -0.2) is 34.3 Å². The van der Waals surface area contributed by atoms with Crippen molar-refractivity contribution in [3.05, 3.63) is 52.6 Å². The van der Waals surface area contributed by atoms with E-state index in [0.29, 0.717) is 26.7 Å². The number of thioether (sulfide) groups is 1. The summed E-state index contributed by atoms with van der Waals surface area (Å²) >= 11 is 8.88. The van der Waals surface area contributed by atoms with Crippen molar-refractivity contribution in [2.24, 2.45) is 0 Å². The van der Waals surface area contributed by atoms with Crippen molar-refractivity contribution < 1.29 is 14.3 Å². The number of anilines is 1. The maximum absolute atomic E-state index is 12.4. The average molecular weight is 436 g/mol. The number of rotatable bonds is 7. The minimum absolute atomic E-state index is 0.178. The summed E-state index contributed by atoms with van der Waals surface area (Å²) in [4.78, 5) is 29.1. The molecular formula is C19H18ClN3O3S2. The number of nitrogens with zero attached hydrogens (tertiary/aromatic N) is 2. The van der Waals surface area contributed by atoms with Gasteiger partial charge in [-0.25, -0.2) is 9.78 Å². The highest BCUT2D eigenvalue weighted by atomic mass is 35.5. The van der Waals surface area contributed by atoms with Crippen molar-refractivity contribution in [1.82, 2.24) is 9.55 Å². The maximum atomic E-state index is 12.4. The molecule has 1 aromatic carbocycles. The molecule has 0 aliphatic carbocycles. The van der Waals surface area contributed by atoms with Gasteiger partial charge in [0.25, 0.3) is 0 Å². The Morgan fingerprint density at radius 1 is 1.32 bits per heavy atom. The molecule has 0 spiro atoms. The summed E-state index contributed by atoms with van der Waals surface area (Å²) < 4.78 is 6.88. The first-order valence-electron chi connectivity index (χ1n) is 8.43. The van der Waals surface area contributed by atoms with E-state index in [2.05, 4.69) is 10.3 Å². The zero-order chi connectivity index (χ0) is 20.1. The third-order valence-electron chi connectivity index (χ3n) is 3.95. The summed E-state index contributed by atoms with van der Waals surface area (Å²) in [6, 6.07) is 7.23. The van der Waals surface area contributed by atoms with Crippen LogP contribution >= 0.6 is 34.7 Å². The molecule has 0 fully saturated rings. The number of hydrogen-bond acceptors (Lipinski definition) is 6. The molecule has 1 N–H and O–H groups in total. The van der Waals surface area contributed by atoms with E-state index >= 15 is 0 Å². The fourth-order valence-corrected chi connectivity index (χ4v) is 4.63. The monoisotopic (exact) mass is 435 g/mol. The van der Waals surface area contributed by atoms with E-state index in [0.717, 1.165) is 11.7 Å². The number of aromatic nitrogens is 2. The van der Waals surface area contributed by atoms with Gasteiger partial charge in [-0.2, -0.15) is 0 Å². The number of carbonyl (C=O) groups excluding carboxylic acids is 2. The lowest BCUT2D eigenvalue weighted by atomic mass is 10.0. The number of halogens is 1. The van der Waals surface area contributed by atoms with Crippen molar-refractivity contribution in [2.75, 3.05) is 18.2 Å². The summed E-state index contributed by atoms with van der Waals surface area (Å²) in [7, 11) is 1.31. The van der Waals surface area contributed by atoms with Crippen LogP contribution in [0.5, 0.6) is 0 Å². The number of nitrogens with one attached hydrogen (secondary N) is 1. The van der Waals surface area contributed by atoms with E-state index in [1.54, 1.807) is 17.6 Å². The number of aryl methyl sites for hydroxylation is 1. The van der Waals surface area contributed by atoms with Crippen LogP contribution in [-0.2, 0) is 16.1 Å². The van der Waals surface area contributed by atoms with E-state index in [-0.39, 0.29) is 11.7 Å². The number of methoxy groups -OCH3 is 1. The van der Waals surface area contributed by atoms with Crippen molar-refractivity contribution in [2.45, 2.75) is 18.6 Å². The van der Waals surface area contributed by atoms with Gasteiger partial charge in [-0.1, -0.05) is 41.6 Å². The van der Waals surface area contributed by atoms with Gasteiger partial charge >= 0.3 is 5.97 Å². The molecule has 3 rings (SSSR count). The van der Waals surface area contributed by atoms with E-state index in [4.69, 9.17) is 16.3 Å².